The number of hydrogen-bond acceptors (Lipinski definition) is 7. The molecule has 2 fully saturated rings. The number of nitrogens with zero attached hydrogens (tertiary/aromatic N) is 5. The number of rotatable bonds is 5. The van der Waals surface area contributed by atoms with Crippen LogP contribution < -0.4 is 19.3 Å². The first-order chi connectivity index (χ1) is 14.2. The predicted octanol–water partition coefficient (Wildman–Crippen LogP) is 2.06. The van der Waals surface area contributed by atoms with E-state index in [1.54, 1.807) is 32.4 Å². The lowest BCUT2D eigenvalue weighted by atomic mass is 10.1. The van der Waals surface area contributed by atoms with E-state index >= 15 is 0 Å². The van der Waals surface area contributed by atoms with Crippen LogP contribution in [0.2, 0.25) is 0 Å². The highest BCUT2D eigenvalue weighted by Crippen LogP contribution is 2.25. The van der Waals surface area contributed by atoms with Crippen molar-refractivity contribution in [1.29, 1.82) is 0 Å². The van der Waals surface area contributed by atoms with E-state index < -0.39 is 0 Å². The van der Waals surface area contributed by atoms with Crippen molar-refractivity contribution < 1.29 is 14.3 Å². The summed E-state index contributed by atoms with van der Waals surface area (Å²) in [5.41, 5.74) is 0.577. The second kappa shape index (κ2) is 8.55. The van der Waals surface area contributed by atoms with Gasteiger partial charge in [-0.1, -0.05) is 0 Å². The lowest BCUT2D eigenvalue weighted by Crippen LogP contribution is -2.49. The lowest BCUT2D eigenvalue weighted by Gasteiger charge is -2.35. The van der Waals surface area contributed by atoms with Crippen molar-refractivity contribution >= 4 is 17.7 Å². The Balaban J connectivity index is 1.42. The van der Waals surface area contributed by atoms with Gasteiger partial charge in [0.2, 0.25) is 5.95 Å². The molecule has 1 aromatic heterocycles. The summed E-state index contributed by atoms with van der Waals surface area (Å²) in [6.45, 7) is 4.81. The van der Waals surface area contributed by atoms with E-state index in [9.17, 15) is 4.79 Å². The monoisotopic (exact) mass is 397 g/mol. The second-order valence-corrected chi connectivity index (χ2v) is 7.29. The number of benzene rings is 1. The number of carbonyl (C=O) groups excluding carboxylic acids is 1. The first-order valence-electron chi connectivity index (χ1n) is 10.0. The number of anilines is 2. The van der Waals surface area contributed by atoms with Gasteiger partial charge in [0, 0.05) is 57.1 Å². The zero-order chi connectivity index (χ0) is 20.2. The van der Waals surface area contributed by atoms with Gasteiger partial charge in [-0.25, -0.2) is 4.98 Å². The Morgan fingerprint density at radius 3 is 2.17 bits per heavy atom. The van der Waals surface area contributed by atoms with Gasteiger partial charge in [0.1, 0.15) is 17.3 Å². The summed E-state index contributed by atoms with van der Waals surface area (Å²) in [4.78, 5) is 28.5. The number of methoxy groups -OCH3 is 2. The molecule has 0 atom stereocenters. The topological polar surface area (TPSA) is 71.0 Å². The molecule has 2 aromatic rings. The van der Waals surface area contributed by atoms with Crippen LogP contribution in [0.4, 0.5) is 11.8 Å². The minimum atomic E-state index is -0.0118. The van der Waals surface area contributed by atoms with Crippen LogP contribution in [-0.2, 0) is 0 Å². The highest BCUT2D eigenvalue weighted by molar-refractivity contribution is 5.95. The van der Waals surface area contributed by atoms with Gasteiger partial charge in [-0.05, 0) is 31.0 Å². The van der Waals surface area contributed by atoms with E-state index in [2.05, 4.69) is 14.8 Å². The van der Waals surface area contributed by atoms with Crippen LogP contribution in [-0.4, -0.2) is 74.3 Å². The highest BCUT2D eigenvalue weighted by atomic mass is 16.5. The molecule has 2 saturated heterocycles. The molecular weight excluding hydrogens is 370 g/mol. The number of carbonyl (C=O) groups is 1. The van der Waals surface area contributed by atoms with Crippen molar-refractivity contribution in [1.82, 2.24) is 14.9 Å². The standard InChI is InChI=1S/C21H27N5O3/c1-28-17-13-16(14-18(15-17)29-2)20(27)25-11-9-24(10-12-25)19-5-6-22-21(23-19)26-7-3-4-8-26/h5-6,13-15H,3-4,7-12H2,1-2H3. The van der Waals surface area contributed by atoms with Crippen molar-refractivity contribution in [3.63, 3.8) is 0 Å². The van der Waals surface area contributed by atoms with Crippen LogP contribution in [0.25, 0.3) is 0 Å². The first kappa shape index (κ1) is 19.3. The maximum atomic E-state index is 13.0. The number of aromatic nitrogens is 2. The van der Waals surface area contributed by atoms with Gasteiger partial charge in [0.15, 0.2) is 0 Å². The van der Waals surface area contributed by atoms with Crippen LogP contribution in [0.5, 0.6) is 11.5 Å². The molecule has 8 nitrogen and oxygen atoms in total. The fourth-order valence-electron chi connectivity index (χ4n) is 3.84. The van der Waals surface area contributed by atoms with Crippen LogP contribution in [0.1, 0.15) is 23.2 Å². The zero-order valence-electron chi connectivity index (χ0n) is 17.0. The Morgan fingerprint density at radius 2 is 1.55 bits per heavy atom. The lowest BCUT2D eigenvalue weighted by molar-refractivity contribution is 0.0745. The molecule has 1 amide bonds. The minimum Gasteiger partial charge on any atom is -0.497 e. The van der Waals surface area contributed by atoms with Crippen molar-refractivity contribution in [2.45, 2.75) is 12.8 Å². The van der Waals surface area contributed by atoms with Crippen molar-refractivity contribution in [3.8, 4) is 11.5 Å². The molecule has 8 heteroatoms. The molecule has 2 aliphatic heterocycles. The van der Waals surface area contributed by atoms with Crippen LogP contribution in [0, 0.1) is 0 Å². The van der Waals surface area contributed by atoms with Gasteiger partial charge in [-0.15, -0.1) is 0 Å². The smallest absolute Gasteiger partial charge is 0.254 e. The third kappa shape index (κ3) is 4.21. The van der Waals surface area contributed by atoms with Gasteiger partial charge < -0.3 is 24.2 Å². The van der Waals surface area contributed by atoms with Gasteiger partial charge in [-0.2, -0.15) is 4.98 Å². The van der Waals surface area contributed by atoms with E-state index in [0.717, 1.165) is 37.9 Å². The molecule has 0 aliphatic carbocycles. The molecule has 29 heavy (non-hydrogen) atoms. The van der Waals surface area contributed by atoms with Gasteiger partial charge >= 0.3 is 0 Å². The van der Waals surface area contributed by atoms with Crippen molar-refractivity contribution in [2.75, 3.05) is 63.3 Å². The molecule has 3 heterocycles. The molecule has 2 aliphatic rings. The van der Waals surface area contributed by atoms with Crippen LogP contribution in [0.3, 0.4) is 0 Å². The number of piperazine rings is 1. The van der Waals surface area contributed by atoms with E-state index in [-0.39, 0.29) is 5.91 Å². The Kier molecular flexibility index (Phi) is 5.69. The van der Waals surface area contributed by atoms with Gasteiger partial charge in [-0.3, -0.25) is 4.79 Å². The zero-order valence-corrected chi connectivity index (χ0v) is 17.0. The quantitative estimate of drug-likeness (QED) is 0.765. The summed E-state index contributed by atoms with van der Waals surface area (Å²) in [6.07, 6.45) is 4.23. The maximum Gasteiger partial charge on any atom is 0.254 e. The van der Waals surface area contributed by atoms with Crippen LogP contribution >= 0.6 is 0 Å². The first-order valence-corrected chi connectivity index (χ1v) is 10.0. The summed E-state index contributed by atoms with van der Waals surface area (Å²) < 4.78 is 10.6. The number of ether oxygens (including phenoxy) is 2. The van der Waals surface area contributed by atoms with Crippen molar-refractivity contribution in [3.05, 3.63) is 36.0 Å². The molecule has 1 aromatic carbocycles. The van der Waals surface area contributed by atoms with E-state index in [0.29, 0.717) is 30.2 Å². The van der Waals surface area contributed by atoms with Gasteiger partial charge in [0.05, 0.1) is 14.2 Å². The molecule has 0 N–H and O–H groups in total. The summed E-state index contributed by atoms with van der Waals surface area (Å²) in [5, 5.41) is 0. The third-order valence-corrected chi connectivity index (χ3v) is 5.51. The average Bonchev–Trinajstić information content (AvgIpc) is 3.33. The number of hydrogen-bond donors (Lipinski definition) is 0. The molecule has 0 unspecified atom stereocenters. The molecule has 154 valence electrons. The molecule has 0 bridgehead atoms. The summed E-state index contributed by atoms with van der Waals surface area (Å²) in [7, 11) is 3.17. The summed E-state index contributed by atoms with van der Waals surface area (Å²) >= 11 is 0. The fraction of sp³-hybridized carbons (Fsp3) is 0.476. The SMILES string of the molecule is COc1cc(OC)cc(C(=O)N2CCN(c3ccnc(N4CCCC4)n3)CC2)c1. The maximum absolute atomic E-state index is 13.0. The largest absolute Gasteiger partial charge is 0.497 e. The summed E-state index contributed by atoms with van der Waals surface area (Å²) in [6, 6.07) is 7.22. The molecular formula is C21H27N5O3. The van der Waals surface area contributed by atoms with E-state index in [4.69, 9.17) is 14.5 Å². The second-order valence-electron chi connectivity index (χ2n) is 7.29. The normalized spacial score (nSPS) is 16.8. The highest BCUT2D eigenvalue weighted by Gasteiger charge is 2.24. The Hall–Kier alpha value is -3.03. The van der Waals surface area contributed by atoms with Crippen molar-refractivity contribution in [2.24, 2.45) is 0 Å². The van der Waals surface area contributed by atoms with Crippen LogP contribution in [0.15, 0.2) is 30.5 Å². The molecule has 0 radical (unpaired) electrons. The fourth-order valence-corrected chi connectivity index (χ4v) is 3.84. The Morgan fingerprint density at radius 1 is 0.897 bits per heavy atom. The Bertz CT molecular complexity index is 839. The number of amides is 1. The minimum absolute atomic E-state index is 0.0118. The average molecular weight is 397 g/mol. The molecule has 4 rings (SSSR count). The third-order valence-electron chi connectivity index (χ3n) is 5.51. The molecule has 0 saturated carbocycles. The van der Waals surface area contributed by atoms with E-state index in [1.807, 2.05) is 17.2 Å². The van der Waals surface area contributed by atoms with Gasteiger partial charge in [0.25, 0.3) is 5.91 Å². The Labute approximate surface area is 171 Å². The van der Waals surface area contributed by atoms with E-state index in [1.165, 1.54) is 12.8 Å². The summed E-state index contributed by atoms with van der Waals surface area (Å²) in [5.74, 6) is 2.95. The predicted molar refractivity (Wildman–Crippen MR) is 111 cm³/mol. The molecule has 0 spiro atoms.